The van der Waals surface area contributed by atoms with Crippen molar-refractivity contribution >= 4 is 11.9 Å². The fraction of sp³-hybridized carbons (Fsp3) is 0.231. The van der Waals surface area contributed by atoms with E-state index in [4.69, 9.17) is 4.74 Å². The highest BCUT2D eigenvalue weighted by molar-refractivity contribution is 5.87. The summed E-state index contributed by atoms with van der Waals surface area (Å²) in [6, 6.07) is 28.9. The van der Waals surface area contributed by atoms with Crippen LogP contribution in [-0.2, 0) is 14.3 Å². The van der Waals surface area contributed by atoms with Crippen LogP contribution in [0.3, 0.4) is 0 Å². The summed E-state index contributed by atoms with van der Waals surface area (Å²) in [7, 11) is 0. The maximum atomic E-state index is 13.0. The number of amides is 1. The van der Waals surface area contributed by atoms with Crippen LogP contribution >= 0.6 is 0 Å². The third-order valence-electron chi connectivity index (χ3n) is 5.11. The van der Waals surface area contributed by atoms with Crippen LogP contribution in [0.15, 0.2) is 91.0 Å². The van der Waals surface area contributed by atoms with Gasteiger partial charge in [-0.2, -0.15) is 0 Å². The number of ether oxygens (including phenoxy) is 1. The minimum absolute atomic E-state index is 0.166. The molecule has 0 aliphatic carbocycles. The predicted molar refractivity (Wildman–Crippen MR) is 118 cm³/mol. The summed E-state index contributed by atoms with van der Waals surface area (Å²) in [5.41, 5.74) is 2.81. The SMILES string of the molecule is C[C@H](CNC(=O)[C@@H](C)OC(=O)C(c1ccccc1)c1ccccc1)c1ccccc1. The summed E-state index contributed by atoms with van der Waals surface area (Å²) in [6.07, 6.45) is -0.879. The number of hydrogen-bond acceptors (Lipinski definition) is 3. The normalized spacial score (nSPS) is 12.8. The lowest BCUT2D eigenvalue weighted by Gasteiger charge is -2.21. The van der Waals surface area contributed by atoms with Gasteiger partial charge in [-0.05, 0) is 29.5 Å². The molecule has 3 rings (SSSR count). The lowest BCUT2D eigenvalue weighted by Crippen LogP contribution is -2.38. The van der Waals surface area contributed by atoms with Crippen molar-refractivity contribution in [2.45, 2.75) is 31.8 Å². The number of esters is 1. The molecular weight excluding hydrogens is 374 g/mol. The summed E-state index contributed by atoms with van der Waals surface area (Å²) in [5.74, 6) is -1.15. The van der Waals surface area contributed by atoms with Crippen LogP contribution in [0, 0.1) is 0 Å². The standard InChI is InChI=1S/C26H27NO3/c1-19(21-12-6-3-7-13-21)18-27-25(28)20(2)30-26(29)24(22-14-8-4-9-15-22)23-16-10-5-11-17-23/h3-17,19-20,24H,18H2,1-2H3,(H,27,28)/t19-,20-/m1/s1. The van der Waals surface area contributed by atoms with E-state index in [1.807, 2.05) is 97.9 Å². The Labute approximate surface area is 177 Å². The highest BCUT2D eigenvalue weighted by atomic mass is 16.5. The molecule has 0 aliphatic rings. The number of carbonyl (C=O) groups excluding carboxylic acids is 2. The Hall–Kier alpha value is -3.40. The van der Waals surface area contributed by atoms with Gasteiger partial charge in [0.1, 0.15) is 5.92 Å². The van der Waals surface area contributed by atoms with Gasteiger partial charge in [0, 0.05) is 6.54 Å². The quantitative estimate of drug-likeness (QED) is 0.558. The van der Waals surface area contributed by atoms with E-state index in [0.29, 0.717) is 6.54 Å². The summed E-state index contributed by atoms with van der Waals surface area (Å²) in [4.78, 5) is 25.5. The number of hydrogen-bond donors (Lipinski definition) is 1. The minimum atomic E-state index is -0.879. The predicted octanol–water partition coefficient (Wildman–Crippen LogP) is 4.67. The second kappa shape index (κ2) is 10.4. The highest BCUT2D eigenvalue weighted by Crippen LogP contribution is 2.26. The fourth-order valence-corrected chi connectivity index (χ4v) is 3.35. The smallest absolute Gasteiger partial charge is 0.318 e. The second-order valence-electron chi connectivity index (χ2n) is 7.39. The molecule has 0 aliphatic heterocycles. The molecule has 0 spiro atoms. The first-order valence-corrected chi connectivity index (χ1v) is 10.2. The Morgan fingerprint density at radius 1 is 0.733 bits per heavy atom. The molecule has 0 saturated carbocycles. The van der Waals surface area contributed by atoms with Gasteiger partial charge in [0.15, 0.2) is 6.10 Å². The topological polar surface area (TPSA) is 55.4 Å². The molecule has 0 bridgehead atoms. The molecule has 154 valence electrons. The van der Waals surface area contributed by atoms with E-state index in [-0.39, 0.29) is 11.8 Å². The van der Waals surface area contributed by atoms with E-state index in [1.54, 1.807) is 6.92 Å². The molecule has 3 aromatic rings. The molecule has 4 nitrogen and oxygen atoms in total. The number of rotatable bonds is 8. The van der Waals surface area contributed by atoms with Gasteiger partial charge in [-0.15, -0.1) is 0 Å². The van der Waals surface area contributed by atoms with Gasteiger partial charge in [-0.25, -0.2) is 0 Å². The van der Waals surface area contributed by atoms with Crippen molar-refractivity contribution in [3.8, 4) is 0 Å². The van der Waals surface area contributed by atoms with Crippen LogP contribution < -0.4 is 5.32 Å². The molecule has 0 radical (unpaired) electrons. The van der Waals surface area contributed by atoms with Gasteiger partial charge >= 0.3 is 5.97 Å². The van der Waals surface area contributed by atoms with Crippen LogP contribution in [-0.4, -0.2) is 24.5 Å². The summed E-state index contributed by atoms with van der Waals surface area (Å²) in [6.45, 7) is 4.13. The third-order valence-corrected chi connectivity index (χ3v) is 5.11. The maximum absolute atomic E-state index is 13.0. The van der Waals surface area contributed by atoms with Crippen LogP contribution in [0.2, 0.25) is 0 Å². The lowest BCUT2D eigenvalue weighted by molar-refractivity contribution is -0.155. The number of nitrogens with one attached hydrogen (secondary N) is 1. The van der Waals surface area contributed by atoms with Crippen LogP contribution in [0.25, 0.3) is 0 Å². The van der Waals surface area contributed by atoms with E-state index >= 15 is 0 Å². The number of benzene rings is 3. The van der Waals surface area contributed by atoms with Crippen molar-refractivity contribution in [3.63, 3.8) is 0 Å². The molecule has 0 heterocycles. The van der Waals surface area contributed by atoms with E-state index < -0.39 is 18.0 Å². The first-order valence-electron chi connectivity index (χ1n) is 10.2. The molecule has 0 aromatic heterocycles. The van der Waals surface area contributed by atoms with E-state index in [1.165, 1.54) is 0 Å². The third kappa shape index (κ3) is 5.57. The molecular formula is C26H27NO3. The molecule has 1 N–H and O–H groups in total. The van der Waals surface area contributed by atoms with Crippen molar-refractivity contribution in [1.29, 1.82) is 0 Å². The largest absolute Gasteiger partial charge is 0.452 e. The molecule has 3 aromatic carbocycles. The van der Waals surface area contributed by atoms with E-state index in [2.05, 4.69) is 5.32 Å². The molecule has 1 amide bonds. The van der Waals surface area contributed by atoms with Crippen LogP contribution in [0.4, 0.5) is 0 Å². The van der Waals surface area contributed by atoms with E-state index in [0.717, 1.165) is 16.7 Å². The Balaban J connectivity index is 1.64. The summed E-state index contributed by atoms with van der Waals surface area (Å²) in [5, 5.41) is 2.89. The average molecular weight is 402 g/mol. The van der Waals surface area contributed by atoms with Crippen molar-refractivity contribution in [2.75, 3.05) is 6.54 Å². The zero-order valence-corrected chi connectivity index (χ0v) is 17.3. The first kappa shape index (κ1) is 21.3. The first-order chi connectivity index (χ1) is 14.6. The Kier molecular flexibility index (Phi) is 7.39. The molecule has 2 atom stereocenters. The molecule has 0 saturated heterocycles. The Bertz CT molecular complexity index is 902. The molecule has 0 unspecified atom stereocenters. The Morgan fingerprint density at radius 2 is 1.17 bits per heavy atom. The molecule has 30 heavy (non-hydrogen) atoms. The van der Waals surface area contributed by atoms with E-state index in [9.17, 15) is 9.59 Å². The van der Waals surface area contributed by atoms with Gasteiger partial charge in [0.2, 0.25) is 0 Å². The van der Waals surface area contributed by atoms with Gasteiger partial charge in [0.25, 0.3) is 5.91 Å². The number of carbonyl (C=O) groups is 2. The minimum Gasteiger partial charge on any atom is -0.452 e. The van der Waals surface area contributed by atoms with Gasteiger partial charge in [-0.3, -0.25) is 9.59 Å². The van der Waals surface area contributed by atoms with Crippen LogP contribution in [0.1, 0.15) is 42.4 Å². The highest BCUT2D eigenvalue weighted by Gasteiger charge is 2.27. The summed E-state index contributed by atoms with van der Waals surface area (Å²) >= 11 is 0. The molecule has 4 heteroatoms. The summed E-state index contributed by atoms with van der Waals surface area (Å²) < 4.78 is 5.57. The monoisotopic (exact) mass is 401 g/mol. The van der Waals surface area contributed by atoms with Crippen molar-refractivity contribution in [1.82, 2.24) is 5.32 Å². The molecule has 0 fully saturated rings. The van der Waals surface area contributed by atoms with Gasteiger partial charge in [-0.1, -0.05) is 97.9 Å². The van der Waals surface area contributed by atoms with Crippen molar-refractivity contribution in [3.05, 3.63) is 108 Å². The second-order valence-corrected chi connectivity index (χ2v) is 7.39. The van der Waals surface area contributed by atoms with Crippen molar-refractivity contribution in [2.24, 2.45) is 0 Å². The fourth-order valence-electron chi connectivity index (χ4n) is 3.35. The maximum Gasteiger partial charge on any atom is 0.318 e. The Morgan fingerprint density at radius 3 is 1.63 bits per heavy atom. The zero-order valence-electron chi connectivity index (χ0n) is 17.3. The van der Waals surface area contributed by atoms with Gasteiger partial charge in [0.05, 0.1) is 0 Å². The van der Waals surface area contributed by atoms with Crippen LogP contribution in [0.5, 0.6) is 0 Å². The van der Waals surface area contributed by atoms with Crippen molar-refractivity contribution < 1.29 is 14.3 Å². The average Bonchev–Trinajstić information content (AvgIpc) is 2.79. The lowest BCUT2D eigenvalue weighted by atomic mass is 9.91. The zero-order chi connectivity index (χ0) is 21.3. The van der Waals surface area contributed by atoms with Gasteiger partial charge < -0.3 is 10.1 Å².